The molecule has 0 saturated carbocycles. The molecule has 0 unspecified atom stereocenters. The highest BCUT2D eigenvalue weighted by Gasteiger charge is 2.24. The van der Waals surface area contributed by atoms with Gasteiger partial charge in [0.05, 0.1) is 6.54 Å². The number of hydrogen-bond acceptors (Lipinski definition) is 4. The Kier molecular flexibility index (Phi) is 3.68. The van der Waals surface area contributed by atoms with E-state index in [1.165, 1.54) is 11.1 Å². The van der Waals surface area contributed by atoms with Gasteiger partial charge in [0.2, 0.25) is 11.8 Å². The van der Waals surface area contributed by atoms with Crippen molar-refractivity contribution >= 4 is 11.8 Å². The normalized spacial score (nSPS) is 16.3. The molecule has 18 heavy (non-hydrogen) atoms. The van der Waals surface area contributed by atoms with Crippen LogP contribution in [0.2, 0.25) is 0 Å². The summed E-state index contributed by atoms with van der Waals surface area (Å²) < 4.78 is 0. The Morgan fingerprint density at radius 3 is 2.56 bits per heavy atom. The Labute approximate surface area is 105 Å². The predicted molar refractivity (Wildman–Crippen MR) is 63.0 cm³/mol. The highest BCUT2D eigenvalue weighted by molar-refractivity contribution is 5.95. The maximum Gasteiger partial charge on any atom is 0.229 e. The SMILES string of the molecule is N#Cc1ncccc1CN1C(=O)CCCCC1=O. The van der Waals surface area contributed by atoms with Crippen LogP contribution in [0.15, 0.2) is 18.3 Å². The number of amides is 2. The van der Waals surface area contributed by atoms with Gasteiger partial charge in [-0.15, -0.1) is 0 Å². The van der Waals surface area contributed by atoms with Crippen molar-refractivity contribution < 1.29 is 9.59 Å². The molecule has 2 rings (SSSR count). The molecule has 1 fully saturated rings. The predicted octanol–water partition coefficient (Wildman–Crippen LogP) is 1.38. The van der Waals surface area contributed by atoms with E-state index < -0.39 is 0 Å². The molecule has 1 aliphatic rings. The molecule has 0 spiro atoms. The lowest BCUT2D eigenvalue weighted by Crippen LogP contribution is -2.34. The number of rotatable bonds is 2. The van der Waals surface area contributed by atoms with Crippen LogP contribution in [0.25, 0.3) is 0 Å². The van der Waals surface area contributed by atoms with Crippen LogP contribution in [-0.2, 0) is 16.1 Å². The second kappa shape index (κ2) is 5.41. The van der Waals surface area contributed by atoms with Gasteiger partial charge in [0.15, 0.2) is 0 Å². The van der Waals surface area contributed by atoms with Gasteiger partial charge in [-0.2, -0.15) is 5.26 Å². The lowest BCUT2D eigenvalue weighted by atomic mass is 10.2. The van der Waals surface area contributed by atoms with E-state index in [1.54, 1.807) is 12.1 Å². The summed E-state index contributed by atoms with van der Waals surface area (Å²) in [6.45, 7) is 0.147. The number of carbonyl (C=O) groups is 2. The summed E-state index contributed by atoms with van der Waals surface area (Å²) in [5, 5.41) is 8.93. The van der Waals surface area contributed by atoms with Crippen LogP contribution in [0, 0.1) is 11.3 Å². The van der Waals surface area contributed by atoms with E-state index in [0.29, 0.717) is 18.4 Å². The zero-order valence-corrected chi connectivity index (χ0v) is 9.93. The third-order valence-corrected chi connectivity index (χ3v) is 2.96. The first-order chi connectivity index (χ1) is 8.72. The first kappa shape index (κ1) is 12.2. The summed E-state index contributed by atoms with van der Waals surface area (Å²) in [5.74, 6) is -0.324. The van der Waals surface area contributed by atoms with E-state index in [2.05, 4.69) is 4.98 Å². The van der Waals surface area contributed by atoms with Gasteiger partial charge in [0, 0.05) is 24.6 Å². The standard InChI is InChI=1S/C13H13N3O2/c14-8-11-10(4-3-7-15-11)9-16-12(17)5-1-2-6-13(16)18/h3-4,7H,1-2,5-6,9H2. The Morgan fingerprint density at radius 2 is 1.94 bits per heavy atom. The molecule has 0 radical (unpaired) electrons. The van der Waals surface area contributed by atoms with E-state index in [-0.39, 0.29) is 24.1 Å². The smallest absolute Gasteiger partial charge is 0.229 e. The van der Waals surface area contributed by atoms with Crippen molar-refractivity contribution in [2.24, 2.45) is 0 Å². The van der Waals surface area contributed by atoms with Crippen LogP contribution in [0.1, 0.15) is 36.9 Å². The molecule has 1 aliphatic heterocycles. The molecule has 2 heterocycles. The molecule has 2 amide bonds. The maximum atomic E-state index is 11.8. The second-order valence-electron chi connectivity index (χ2n) is 4.20. The zero-order chi connectivity index (χ0) is 13.0. The molecule has 1 aromatic rings. The Balaban J connectivity index is 2.23. The number of likely N-dealkylation sites (tertiary alicyclic amines) is 1. The number of hydrogen-bond donors (Lipinski definition) is 0. The van der Waals surface area contributed by atoms with Crippen molar-refractivity contribution in [2.45, 2.75) is 32.2 Å². The summed E-state index contributed by atoms with van der Waals surface area (Å²) in [5.41, 5.74) is 0.881. The van der Waals surface area contributed by atoms with Crippen LogP contribution >= 0.6 is 0 Å². The molecule has 0 bridgehead atoms. The average molecular weight is 243 g/mol. The van der Waals surface area contributed by atoms with Crippen molar-refractivity contribution in [1.29, 1.82) is 5.26 Å². The van der Waals surface area contributed by atoms with Crippen molar-refractivity contribution in [3.8, 4) is 6.07 Å². The fourth-order valence-corrected chi connectivity index (χ4v) is 1.98. The van der Waals surface area contributed by atoms with Crippen LogP contribution < -0.4 is 0 Å². The van der Waals surface area contributed by atoms with Crippen molar-refractivity contribution in [3.05, 3.63) is 29.6 Å². The Hall–Kier alpha value is -2.22. The van der Waals surface area contributed by atoms with E-state index in [0.717, 1.165) is 12.8 Å². The van der Waals surface area contributed by atoms with E-state index in [4.69, 9.17) is 5.26 Å². The summed E-state index contributed by atoms with van der Waals surface area (Å²) in [6, 6.07) is 5.39. The molecule has 92 valence electrons. The molecule has 0 N–H and O–H groups in total. The summed E-state index contributed by atoms with van der Waals surface area (Å²) in [7, 11) is 0. The average Bonchev–Trinajstić information content (AvgIpc) is 2.54. The Morgan fingerprint density at radius 1 is 1.28 bits per heavy atom. The van der Waals surface area contributed by atoms with Crippen LogP contribution in [0.5, 0.6) is 0 Å². The fourth-order valence-electron chi connectivity index (χ4n) is 1.98. The fraction of sp³-hybridized carbons (Fsp3) is 0.385. The summed E-state index contributed by atoms with van der Waals surface area (Å²) in [4.78, 5) is 28.8. The van der Waals surface area contributed by atoms with Crippen molar-refractivity contribution in [3.63, 3.8) is 0 Å². The molecular weight excluding hydrogens is 230 g/mol. The summed E-state index contributed by atoms with van der Waals surface area (Å²) >= 11 is 0. The lowest BCUT2D eigenvalue weighted by Gasteiger charge is -2.18. The Bertz CT molecular complexity index is 501. The van der Waals surface area contributed by atoms with Gasteiger partial charge in [0.1, 0.15) is 11.8 Å². The first-order valence-corrected chi connectivity index (χ1v) is 5.89. The molecule has 5 heteroatoms. The summed E-state index contributed by atoms with van der Waals surface area (Å²) in [6.07, 6.45) is 3.81. The van der Waals surface area contributed by atoms with E-state index in [1.807, 2.05) is 6.07 Å². The molecule has 0 aliphatic carbocycles. The van der Waals surface area contributed by atoms with E-state index >= 15 is 0 Å². The van der Waals surface area contributed by atoms with Crippen molar-refractivity contribution in [1.82, 2.24) is 9.88 Å². The van der Waals surface area contributed by atoms with Gasteiger partial charge >= 0.3 is 0 Å². The highest BCUT2D eigenvalue weighted by Crippen LogP contribution is 2.16. The minimum Gasteiger partial charge on any atom is -0.278 e. The third kappa shape index (κ3) is 2.54. The number of pyridine rings is 1. The number of carbonyl (C=O) groups excluding carboxylic acids is 2. The third-order valence-electron chi connectivity index (χ3n) is 2.96. The zero-order valence-electron chi connectivity index (χ0n) is 9.93. The van der Waals surface area contributed by atoms with E-state index in [9.17, 15) is 9.59 Å². The molecule has 0 aromatic carbocycles. The van der Waals surface area contributed by atoms with Gasteiger partial charge in [-0.05, 0) is 18.9 Å². The minimum absolute atomic E-state index is 0.147. The first-order valence-electron chi connectivity index (χ1n) is 5.89. The van der Waals surface area contributed by atoms with Crippen LogP contribution in [-0.4, -0.2) is 21.7 Å². The molecular formula is C13H13N3O2. The molecule has 5 nitrogen and oxygen atoms in total. The molecule has 1 saturated heterocycles. The quantitative estimate of drug-likeness (QED) is 0.735. The molecule has 0 atom stereocenters. The number of nitrogens with zero attached hydrogens (tertiary/aromatic N) is 3. The van der Waals surface area contributed by atoms with Gasteiger partial charge in [-0.1, -0.05) is 6.07 Å². The van der Waals surface area contributed by atoms with Gasteiger partial charge in [-0.25, -0.2) is 4.98 Å². The van der Waals surface area contributed by atoms with Crippen LogP contribution in [0.4, 0.5) is 0 Å². The monoisotopic (exact) mass is 243 g/mol. The number of nitriles is 1. The maximum absolute atomic E-state index is 11.8. The van der Waals surface area contributed by atoms with Gasteiger partial charge in [-0.3, -0.25) is 14.5 Å². The number of aromatic nitrogens is 1. The molecule has 1 aromatic heterocycles. The van der Waals surface area contributed by atoms with Crippen LogP contribution in [0.3, 0.4) is 0 Å². The second-order valence-corrected chi connectivity index (χ2v) is 4.20. The van der Waals surface area contributed by atoms with Gasteiger partial charge < -0.3 is 0 Å². The number of imide groups is 1. The van der Waals surface area contributed by atoms with Gasteiger partial charge in [0.25, 0.3) is 0 Å². The topological polar surface area (TPSA) is 74.1 Å². The highest BCUT2D eigenvalue weighted by atomic mass is 16.2. The minimum atomic E-state index is -0.162. The lowest BCUT2D eigenvalue weighted by molar-refractivity contribution is -0.144. The largest absolute Gasteiger partial charge is 0.278 e. The van der Waals surface area contributed by atoms with Crippen molar-refractivity contribution in [2.75, 3.05) is 0 Å².